The summed E-state index contributed by atoms with van der Waals surface area (Å²) in [6, 6.07) is 7.96. The van der Waals surface area contributed by atoms with Crippen molar-refractivity contribution in [3.63, 3.8) is 0 Å². The van der Waals surface area contributed by atoms with Crippen LogP contribution in [0.3, 0.4) is 0 Å². The lowest BCUT2D eigenvalue weighted by Crippen LogP contribution is -2.48. The van der Waals surface area contributed by atoms with Crippen LogP contribution < -0.4 is 5.32 Å². The lowest BCUT2D eigenvalue weighted by atomic mass is 10.0. The molecule has 1 saturated heterocycles. The molecule has 1 aliphatic rings. The first-order valence-corrected chi connectivity index (χ1v) is 9.07. The number of benzene rings is 1. The highest BCUT2D eigenvalue weighted by atomic mass is 19.1. The van der Waals surface area contributed by atoms with Crippen LogP contribution in [-0.4, -0.2) is 40.6 Å². The minimum absolute atomic E-state index is 0.129. The number of piperazine rings is 1. The van der Waals surface area contributed by atoms with E-state index in [1.165, 1.54) is 18.3 Å². The minimum Gasteiger partial charge on any atom is -0.336 e. The molecule has 1 amide bonds. The van der Waals surface area contributed by atoms with E-state index in [1.807, 2.05) is 19.9 Å². The fourth-order valence-electron chi connectivity index (χ4n) is 3.51. The number of rotatable bonds is 3. The van der Waals surface area contributed by atoms with E-state index >= 15 is 0 Å². The van der Waals surface area contributed by atoms with Gasteiger partial charge in [0.15, 0.2) is 0 Å². The highest BCUT2D eigenvalue weighted by Gasteiger charge is 2.29. The van der Waals surface area contributed by atoms with Crippen molar-refractivity contribution >= 4 is 17.0 Å². The highest BCUT2D eigenvalue weighted by Crippen LogP contribution is 2.27. The smallest absolute Gasteiger partial charge is 0.257 e. The molecule has 1 aromatic carbocycles. The summed E-state index contributed by atoms with van der Waals surface area (Å²) >= 11 is 0. The van der Waals surface area contributed by atoms with Gasteiger partial charge in [-0.15, -0.1) is 0 Å². The first kappa shape index (κ1) is 17.6. The third-order valence-corrected chi connectivity index (χ3v) is 4.89. The van der Waals surface area contributed by atoms with Gasteiger partial charge in [0.25, 0.3) is 11.6 Å². The lowest BCUT2D eigenvalue weighted by Gasteiger charge is -2.36. The topological polar surface area (TPSA) is 71.3 Å². The second-order valence-corrected chi connectivity index (χ2v) is 7.07. The van der Waals surface area contributed by atoms with Crippen molar-refractivity contribution in [2.75, 3.05) is 19.6 Å². The van der Waals surface area contributed by atoms with E-state index in [1.54, 1.807) is 17.0 Å². The van der Waals surface area contributed by atoms with E-state index in [0.717, 1.165) is 16.6 Å². The number of nitrogens with one attached hydrogen (secondary N) is 1. The van der Waals surface area contributed by atoms with Gasteiger partial charge < -0.3 is 14.7 Å². The number of carbonyl (C=O) groups is 1. The van der Waals surface area contributed by atoms with E-state index in [0.29, 0.717) is 30.9 Å². The van der Waals surface area contributed by atoms with E-state index in [9.17, 15) is 9.18 Å². The van der Waals surface area contributed by atoms with Crippen LogP contribution in [0.4, 0.5) is 4.39 Å². The first-order valence-electron chi connectivity index (χ1n) is 9.07. The Labute approximate surface area is 156 Å². The predicted molar refractivity (Wildman–Crippen MR) is 98.9 cm³/mol. The molecule has 1 fully saturated rings. The summed E-state index contributed by atoms with van der Waals surface area (Å²) in [4.78, 5) is 19.3. The SMILES string of the molecule is CC(C)c1noc2ncc(C(=O)N3CCNCC3c3cccc(F)c3)cc12. The molecule has 1 atom stereocenters. The molecule has 4 rings (SSSR count). The van der Waals surface area contributed by atoms with E-state index in [2.05, 4.69) is 15.5 Å². The summed E-state index contributed by atoms with van der Waals surface area (Å²) in [7, 11) is 0. The van der Waals surface area contributed by atoms with Crippen molar-refractivity contribution in [1.82, 2.24) is 20.4 Å². The maximum absolute atomic E-state index is 13.7. The number of hydrogen-bond acceptors (Lipinski definition) is 5. The van der Waals surface area contributed by atoms with Gasteiger partial charge in [-0.2, -0.15) is 0 Å². The molecule has 0 saturated carbocycles. The Bertz CT molecular complexity index is 985. The number of aromatic nitrogens is 2. The van der Waals surface area contributed by atoms with Crippen molar-refractivity contribution in [2.24, 2.45) is 0 Å². The Kier molecular flexibility index (Phi) is 4.61. The molecule has 0 bridgehead atoms. The maximum Gasteiger partial charge on any atom is 0.257 e. The summed E-state index contributed by atoms with van der Waals surface area (Å²) < 4.78 is 18.9. The van der Waals surface area contributed by atoms with Crippen molar-refractivity contribution in [1.29, 1.82) is 0 Å². The van der Waals surface area contributed by atoms with Gasteiger partial charge >= 0.3 is 0 Å². The van der Waals surface area contributed by atoms with Crippen LogP contribution in [0.5, 0.6) is 0 Å². The Morgan fingerprint density at radius 1 is 1.37 bits per heavy atom. The van der Waals surface area contributed by atoms with Crippen LogP contribution in [0.25, 0.3) is 11.1 Å². The van der Waals surface area contributed by atoms with Gasteiger partial charge in [-0.05, 0) is 29.7 Å². The van der Waals surface area contributed by atoms with Gasteiger partial charge in [-0.3, -0.25) is 4.79 Å². The molecule has 7 heteroatoms. The van der Waals surface area contributed by atoms with Crippen molar-refractivity contribution < 1.29 is 13.7 Å². The monoisotopic (exact) mass is 368 g/mol. The standard InChI is InChI=1S/C20H21FN4O2/c1-12(2)18-16-9-14(10-23-19(16)27-24-18)20(26)25-7-6-22-11-17(25)13-4-3-5-15(21)8-13/h3-5,8-10,12,17,22H,6-7,11H2,1-2H3. The molecule has 1 N–H and O–H groups in total. The predicted octanol–water partition coefficient (Wildman–Crippen LogP) is 3.27. The van der Waals surface area contributed by atoms with Gasteiger partial charge in [-0.25, -0.2) is 9.37 Å². The second-order valence-electron chi connectivity index (χ2n) is 7.07. The van der Waals surface area contributed by atoms with E-state index in [-0.39, 0.29) is 23.7 Å². The Balaban J connectivity index is 1.69. The number of halogens is 1. The molecule has 1 aliphatic heterocycles. The maximum atomic E-state index is 13.7. The van der Waals surface area contributed by atoms with Crippen molar-refractivity contribution in [3.05, 3.63) is 59.2 Å². The normalized spacial score (nSPS) is 17.6. The summed E-state index contributed by atoms with van der Waals surface area (Å²) in [5.41, 5.74) is 2.47. The van der Waals surface area contributed by atoms with Crippen LogP contribution in [0, 0.1) is 5.82 Å². The second kappa shape index (κ2) is 7.08. The largest absolute Gasteiger partial charge is 0.336 e. The zero-order valence-electron chi connectivity index (χ0n) is 15.3. The molecule has 0 radical (unpaired) electrons. The quantitative estimate of drug-likeness (QED) is 0.768. The third-order valence-electron chi connectivity index (χ3n) is 4.89. The fourth-order valence-corrected chi connectivity index (χ4v) is 3.51. The molecule has 1 unspecified atom stereocenters. The van der Waals surface area contributed by atoms with E-state index in [4.69, 9.17) is 4.52 Å². The van der Waals surface area contributed by atoms with Gasteiger partial charge in [-0.1, -0.05) is 31.1 Å². The molecule has 2 aromatic heterocycles. The van der Waals surface area contributed by atoms with Crippen LogP contribution >= 0.6 is 0 Å². The van der Waals surface area contributed by atoms with Crippen molar-refractivity contribution in [2.45, 2.75) is 25.8 Å². The van der Waals surface area contributed by atoms with Crippen LogP contribution in [0.15, 0.2) is 41.1 Å². The molecule has 3 heterocycles. The molecular weight excluding hydrogens is 347 g/mol. The highest BCUT2D eigenvalue weighted by molar-refractivity contribution is 5.97. The fraction of sp³-hybridized carbons (Fsp3) is 0.350. The molecule has 140 valence electrons. The number of amides is 1. The van der Waals surface area contributed by atoms with E-state index < -0.39 is 0 Å². The number of carbonyl (C=O) groups excluding carboxylic acids is 1. The molecular formula is C20H21FN4O2. The summed E-state index contributed by atoms with van der Waals surface area (Å²) in [5.74, 6) is -0.270. The Hall–Kier alpha value is -2.80. The van der Waals surface area contributed by atoms with Gasteiger partial charge in [0.2, 0.25) is 0 Å². The van der Waals surface area contributed by atoms with Gasteiger partial charge in [0.1, 0.15) is 5.82 Å². The molecule has 0 aliphatic carbocycles. The number of hydrogen-bond donors (Lipinski definition) is 1. The third kappa shape index (κ3) is 3.30. The van der Waals surface area contributed by atoms with Crippen molar-refractivity contribution in [3.8, 4) is 0 Å². The van der Waals surface area contributed by atoms with Crippen LogP contribution in [-0.2, 0) is 0 Å². The summed E-state index contributed by atoms with van der Waals surface area (Å²) in [6.07, 6.45) is 1.52. The van der Waals surface area contributed by atoms with Gasteiger partial charge in [0, 0.05) is 25.8 Å². The minimum atomic E-state index is -0.306. The van der Waals surface area contributed by atoms with Gasteiger partial charge in [0.05, 0.1) is 22.7 Å². The average molecular weight is 368 g/mol. The zero-order valence-corrected chi connectivity index (χ0v) is 15.3. The van der Waals surface area contributed by atoms with Crippen LogP contribution in [0.2, 0.25) is 0 Å². The molecule has 0 spiro atoms. The Morgan fingerprint density at radius 2 is 2.22 bits per heavy atom. The molecule has 27 heavy (non-hydrogen) atoms. The van der Waals surface area contributed by atoms with Crippen LogP contribution in [0.1, 0.15) is 47.4 Å². The number of fused-ring (bicyclic) bond motifs is 1. The molecule has 6 nitrogen and oxygen atoms in total. The lowest BCUT2D eigenvalue weighted by molar-refractivity contribution is 0.0633. The summed E-state index contributed by atoms with van der Waals surface area (Å²) in [6.45, 7) is 5.84. The Morgan fingerprint density at radius 3 is 3.00 bits per heavy atom. The molecule has 3 aromatic rings. The zero-order chi connectivity index (χ0) is 19.0. The number of nitrogens with zero attached hydrogens (tertiary/aromatic N) is 3. The first-order chi connectivity index (χ1) is 13.0. The number of pyridine rings is 1. The summed E-state index contributed by atoms with van der Waals surface area (Å²) in [5, 5.41) is 8.11. The average Bonchev–Trinajstić information content (AvgIpc) is 3.11.